The van der Waals surface area contributed by atoms with Gasteiger partial charge in [-0.25, -0.2) is 0 Å². The first-order valence-corrected chi connectivity index (χ1v) is 9.11. The van der Waals surface area contributed by atoms with E-state index in [2.05, 4.69) is 22.8 Å². The van der Waals surface area contributed by atoms with E-state index in [1.54, 1.807) is 11.8 Å². The van der Waals surface area contributed by atoms with Crippen molar-refractivity contribution in [2.75, 3.05) is 17.6 Å². The Morgan fingerprint density at radius 2 is 2.00 bits per heavy atom. The molecule has 0 saturated heterocycles. The second-order valence-corrected chi connectivity index (χ2v) is 6.76. The molecular weight excluding hydrogens is 366 g/mol. The van der Waals surface area contributed by atoms with Gasteiger partial charge in [-0.15, -0.1) is 0 Å². The van der Waals surface area contributed by atoms with Gasteiger partial charge in [0.2, 0.25) is 0 Å². The van der Waals surface area contributed by atoms with Crippen molar-refractivity contribution in [3.63, 3.8) is 0 Å². The first-order valence-electron chi connectivity index (χ1n) is 7.17. The summed E-state index contributed by atoms with van der Waals surface area (Å²) in [5.74, 6) is 1.83. The van der Waals surface area contributed by atoms with Gasteiger partial charge in [-0.1, -0.05) is 41.9 Å². The maximum Gasteiger partial charge on any atom is 0.271 e. The van der Waals surface area contributed by atoms with Crippen LogP contribution in [-0.4, -0.2) is 22.3 Å². The molecule has 0 heterocycles. The lowest BCUT2D eigenvalue weighted by Crippen LogP contribution is -2.30. The van der Waals surface area contributed by atoms with Crippen molar-refractivity contribution >= 4 is 52.1 Å². The van der Waals surface area contributed by atoms with Crippen molar-refractivity contribution in [3.05, 3.63) is 69.2 Å². The average molecular weight is 382 g/mol. The van der Waals surface area contributed by atoms with Gasteiger partial charge < -0.3 is 10.6 Å². The minimum absolute atomic E-state index is 0.0388. The summed E-state index contributed by atoms with van der Waals surface area (Å²) in [4.78, 5) is 10.3. The third kappa shape index (κ3) is 5.99. The largest absolute Gasteiger partial charge is 0.362 e. The smallest absolute Gasteiger partial charge is 0.271 e. The van der Waals surface area contributed by atoms with E-state index < -0.39 is 4.92 Å². The van der Waals surface area contributed by atoms with Crippen LogP contribution < -0.4 is 10.6 Å². The molecule has 0 spiro atoms. The van der Waals surface area contributed by atoms with Gasteiger partial charge in [-0.2, -0.15) is 11.8 Å². The summed E-state index contributed by atoms with van der Waals surface area (Å²) in [7, 11) is 0. The number of nitrogens with zero attached hydrogens (tertiary/aromatic N) is 1. The fraction of sp³-hybridized carbons (Fsp3) is 0.188. The zero-order chi connectivity index (χ0) is 17.4. The van der Waals surface area contributed by atoms with Crippen molar-refractivity contribution in [3.8, 4) is 0 Å². The minimum atomic E-state index is -0.474. The number of rotatable bonds is 7. The minimum Gasteiger partial charge on any atom is -0.362 e. The third-order valence-electron chi connectivity index (χ3n) is 3.05. The number of hydrogen-bond acceptors (Lipinski definition) is 4. The van der Waals surface area contributed by atoms with Gasteiger partial charge in [0.15, 0.2) is 5.11 Å². The molecule has 0 aliphatic carbocycles. The molecule has 24 heavy (non-hydrogen) atoms. The number of hydrogen-bond donors (Lipinski definition) is 2. The van der Waals surface area contributed by atoms with Crippen molar-refractivity contribution < 1.29 is 4.92 Å². The van der Waals surface area contributed by atoms with Crippen LogP contribution >= 0.6 is 35.6 Å². The van der Waals surface area contributed by atoms with Crippen LogP contribution in [0.1, 0.15) is 5.56 Å². The van der Waals surface area contributed by atoms with Crippen molar-refractivity contribution in [1.82, 2.24) is 5.32 Å². The summed E-state index contributed by atoms with van der Waals surface area (Å²) in [6, 6.07) is 14.4. The van der Waals surface area contributed by atoms with E-state index in [1.165, 1.54) is 23.8 Å². The van der Waals surface area contributed by atoms with Gasteiger partial charge >= 0.3 is 0 Å². The summed E-state index contributed by atoms with van der Waals surface area (Å²) in [5.41, 5.74) is 1.66. The van der Waals surface area contributed by atoms with Gasteiger partial charge in [0.1, 0.15) is 0 Å². The summed E-state index contributed by atoms with van der Waals surface area (Å²) in [6.07, 6.45) is 0. The Labute approximate surface area is 154 Å². The lowest BCUT2D eigenvalue weighted by Gasteiger charge is -2.11. The number of thioether (sulfide) groups is 1. The standard InChI is InChI=1S/C16H16ClN3O2S2/c17-14-7-6-13(20(21)22)10-15(14)19-16(23)18-8-9-24-11-12-4-2-1-3-5-12/h1-7,10H,8-9,11H2,(H2,18,19,23). The second-order valence-electron chi connectivity index (χ2n) is 4.84. The summed E-state index contributed by atoms with van der Waals surface area (Å²) in [5, 5.41) is 17.5. The van der Waals surface area contributed by atoms with Crippen LogP contribution in [0.4, 0.5) is 11.4 Å². The maximum atomic E-state index is 10.8. The van der Waals surface area contributed by atoms with E-state index in [9.17, 15) is 10.1 Å². The SMILES string of the molecule is O=[N+]([O-])c1ccc(Cl)c(NC(=S)NCCSCc2ccccc2)c1. The molecule has 2 N–H and O–H groups in total. The number of non-ortho nitro benzene ring substituents is 1. The quantitative estimate of drug-likeness (QED) is 0.319. The monoisotopic (exact) mass is 381 g/mol. The van der Waals surface area contributed by atoms with Crippen molar-refractivity contribution in [2.45, 2.75) is 5.75 Å². The van der Waals surface area contributed by atoms with Crippen LogP contribution in [0.5, 0.6) is 0 Å². The molecule has 0 radical (unpaired) electrons. The average Bonchev–Trinajstić information content (AvgIpc) is 2.57. The van der Waals surface area contributed by atoms with Gasteiger partial charge in [0.05, 0.1) is 15.6 Å². The van der Waals surface area contributed by atoms with Crippen LogP contribution in [0.15, 0.2) is 48.5 Å². The maximum absolute atomic E-state index is 10.8. The number of thiocarbonyl (C=S) groups is 1. The number of nitrogens with one attached hydrogen (secondary N) is 2. The van der Waals surface area contributed by atoms with Gasteiger partial charge in [-0.05, 0) is 23.8 Å². The number of halogens is 1. The molecule has 0 aliphatic rings. The highest BCUT2D eigenvalue weighted by Gasteiger charge is 2.10. The normalized spacial score (nSPS) is 10.2. The topological polar surface area (TPSA) is 67.2 Å². The first-order chi connectivity index (χ1) is 11.6. The van der Waals surface area contributed by atoms with Gasteiger partial charge in [0, 0.05) is 30.2 Å². The number of nitro benzene ring substituents is 1. The van der Waals surface area contributed by atoms with E-state index >= 15 is 0 Å². The molecule has 2 aromatic carbocycles. The van der Waals surface area contributed by atoms with Crippen molar-refractivity contribution in [1.29, 1.82) is 0 Å². The van der Waals surface area contributed by atoms with Crippen LogP contribution in [0.25, 0.3) is 0 Å². The molecule has 5 nitrogen and oxygen atoms in total. The number of nitro groups is 1. The molecule has 0 unspecified atom stereocenters. The molecule has 2 aromatic rings. The fourth-order valence-electron chi connectivity index (χ4n) is 1.89. The molecule has 126 valence electrons. The Bertz CT molecular complexity index is 714. The van der Waals surface area contributed by atoms with E-state index in [4.69, 9.17) is 23.8 Å². The molecule has 0 amide bonds. The molecule has 0 aromatic heterocycles. The Balaban J connectivity index is 1.73. The second kappa shape index (κ2) is 9.46. The zero-order valence-electron chi connectivity index (χ0n) is 12.7. The predicted molar refractivity (Wildman–Crippen MR) is 105 cm³/mol. The Morgan fingerprint density at radius 3 is 2.71 bits per heavy atom. The van der Waals surface area contributed by atoms with E-state index in [0.29, 0.717) is 22.4 Å². The number of anilines is 1. The van der Waals surface area contributed by atoms with Crippen LogP contribution in [0.2, 0.25) is 5.02 Å². The van der Waals surface area contributed by atoms with Gasteiger partial charge in [0.25, 0.3) is 5.69 Å². The summed E-state index contributed by atoms with van der Waals surface area (Å²) < 4.78 is 0. The first kappa shape index (κ1) is 18.5. The fourth-order valence-corrected chi connectivity index (χ4v) is 3.09. The van der Waals surface area contributed by atoms with E-state index in [1.807, 2.05) is 18.2 Å². The van der Waals surface area contributed by atoms with E-state index in [-0.39, 0.29) is 5.69 Å². The molecule has 0 bridgehead atoms. The van der Waals surface area contributed by atoms with Crippen LogP contribution in [-0.2, 0) is 5.75 Å². The third-order valence-corrected chi connectivity index (χ3v) is 4.66. The molecule has 2 rings (SSSR count). The lowest BCUT2D eigenvalue weighted by atomic mass is 10.2. The lowest BCUT2D eigenvalue weighted by molar-refractivity contribution is -0.384. The summed E-state index contributed by atoms with van der Waals surface area (Å²) in [6.45, 7) is 0.690. The zero-order valence-corrected chi connectivity index (χ0v) is 15.1. The molecule has 0 aliphatic heterocycles. The summed E-state index contributed by atoms with van der Waals surface area (Å²) >= 11 is 13.0. The van der Waals surface area contributed by atoms with E-state index in [0.717, 1.165) is 11.5 Å². The highest BCUT2D eigenvalue weighted by Crippen LogP contribution is 2.26. The van der Waals surface area contributed by atoms with Crippen LogP contribution in [0.3, 0.4) is 0 Å². The molecule has 8 heteroatoms. The van der Waals surface area contributed by atoms with Crippen molar-refractivity contribution in [2.24, 2.45) is 0 Å². The Morgan fingerprint density at radius 1 is 1.25 bits per heavy atom. The molecule has 0 fully saturated rings. The molecular formula is C16H16ClN3O2S2. The molecule has 0 atom stereocenters. The van der Waals surface area contributed by atoms with Gasteiger partial charge in [-0.3, -0.25) is 10.1 Å². The number of benzene rings is 2. The highest BCUT2D eigenvalue weighted by atomic mass is 35.5. The Kier molecular flexibility index (Phi) is 7.30. The molecule has 0 saturated carbocycles. The predicted octanol–water partition coefficient (Wildman–Crippen LogP) is 4.47. The Hall–Kier alpha value is -1.83. The highest BCUT2D eigenvalue weighted by molar-refractivity contribution is 7.98. The van der Waals surface area contributed by atoms with Crippen LogP contribution in [0, 0.1) is 10.1 Å².